The van der Waals surface area contributed by atoms with Crippen molar-refractivity contribution in [1.82, 2.24) is 5.43 Å². The summed E-state index contributed by atoms with van der Waals surface area (Å²) >= 11 is 3.32. The Kier molecular flexibility index (Phi) is 6.18. The number of hydrogen-bond acceptors (Lipinski definition) is 5. The number of amides is 2. The molecule has 2 aromatic carbocycles. The van der Waals surface area contributed by atoms with Crippen molar-refractivity contribution in [2.75, 3.05) is 18.2 Å². The first kappa shape index (κ1) is 20.4. The minimum absolute atomic E-state index is 0.0394. The third-order valence-corrected chi connectivity index (χ3v) is 4.48. The summed E-state index contributed by atoms with van der Waals surface area (Å²) in [4.78, 5) is 35.8. The lowest BCUT2D eigenvalue weighted by atomic mass is 10.1. The van der Waals surface area contributed by atoms with Gasteiger partial charge >= 0.3 is 5.97 Å². The Bertz CT molecular complexity index is 990. The molecule has 0 bridgehead atoms. The molecule has 0 atom stereocenters. The molecule has 0 radical (unpaired) electrons. The number of carbonyl (C=O) groups is 3. The van der Waals surface area contributed by atoms with Crippen molar-refractivity contribution in [2.24, 2.45) is 0 Å². The van der Waals surface area contributed by atoms with Gasteiger partial charge in [0.25, 0.3) is 11.8 Å². The van der Waals surface area contributed by atoms with E-state index in [4.69, 9.17) is 14.6 Å². The quantitative estimate of drug-likeness (QED) is 0.486. The van der Waals surface area contributed by atoms with Gasteiger partial charge in [-0.2, -0.15) is 0 Å². The zero-order valence-electron chi connectivity index (χ0n) is 15.3. The van der Waals surface area contributed by atoms with E-state index in [9.17, 15) is 14.4 Å². The molecule has 1 aliphatic rings. The van der Waals surface area contributed by atoms with E-state index in [1.54, 1.807) is 43.3 Å². The Balaban J connectivity index is 1.94. The lowest BCUT2D eigenvalue weighted by Gasteiger charge is -2.14. The van der Waals surface area contributed by atoms with Crippen LogP contribution < -0.4 is 19.9 Å². The van der Waals surface area contributed by atoms with Crippen LogP contribution in [0, 0.1) is 0 Å². The van der Waals surface area contributed by atoms with Gasteiger partial charge < -0.3 is 14.6 Å². The molecule has 0 aromatic heterocycles. The second-order valence-corrected chi connectivity index (χ2v) is 6.77. The molecule has 0 unspecified atom stereocenters. The molecule has 2 aromatic rings. The van der Waals surface area contributed by atoms with Crippen LogP contribution in [0.4, 0.5) is 5.69 Å². The summed E-state index contributed by atoms with van der Waals surface area (Å²) in [6, 6.07) is 11.9. The van der Waals surface area contributed by atoms with Crippen molar-refractivity contribution in [3.05, 3.63) is 58.1 Å². The monoisotopic (exact) mass is 460 g/mol. The van der Waals surface area contributed by atoms with Crippen LogP contribution in [0.1, 0.15) is 12.5 Å². The van der Waals surface area contributed by atoms with Gasteiger partial charge in [0.1, 0.15) is 5.57 Å². The van der Waals surface area contributed by atoms with Crippen molar-refractivity contribution < 1.29 is 29.0 Å². The predicted molar refractivity (Wildman–Crippen MR) is 108 cm³/mol. The predicted octanol–water partition coefficient (Wildman–Crippen LogP) is 2.77. The minimum Gasteiger partial charge on any atom is -0.490 e. The van der Waals surface area contributed by atoms with E-state index >= 15 is 0 Å². The van der Waals surface area contributed by atoms with Crippen molar-refractivity contribution in [2.45, 2.75) is 6.92 Å². The molecule has 1 aliphatic heterocycles. The minimum atomic E-state index is -1.13. The Hall–Kier alpha value is -3.33. The summed E-state index contributed by atoms with van der Waals surface area (Å²) in [5.41, 5.74) is 3.55. The van der Waals surface area contributed by atoms with E-state index in [0.29, 0.717) is 28.1 Å². The largest absolute Gasteiger partial charge is 0.490 e. The third kappa shape index (κ3) is 4.57. The first-order valence-electron chi connectivity index (χ1n) is 8.63. The smallest absolute Gasteiger partial charge is 0.341 e. The highest BCUT2D eigenvalue weighted by molar-refractivity contribution is 9.10. The highest BCUT2D eigenvalue weighted by Gasteiger charge is 2.34. The maximum Gasteiger partial charge on any atom is 0.341 e. The topological polar surface area (TPSA) is 105 Å². The van der Waals surface area contributed by atoms with Gasteiger partial charge in [0.2, 0.25) is 0 Å². The number of ether oxygens (including phenoxy) is 2. The van der Waals surface area contributed by atoms with Crippen LogP contribution in [0.25, 0.3) is 6.08 Å². The number of benzene rings is 2. The van der Waals surface area contributed by atoms with E-state index in [0.717, 1.165) is 0 Å². The number of hydrogen-bond donors (Lipinski definition) is 2. The summed E-state index contributed by atoms with van der Waals surface area (Å²) in [7, 11) is 0. The highest BCUT2D eigenvalue weighted by Crippen LogP contribution is 2.37. The lowest BCUT2D eigenvalue weighted by Crippen LogP contribution is -2.35. The number of para-hydroxylation sites is 1. The molecule has 1 heterocycles. The van der Waals surface area contributed by atoms with Crippen LogP contribution in [0.5, 0.6) is 11.5 Å². The molecule has 1 saturated heterocycles. The second kappa shape index (κ2) is 8.78. The fourth-order valence-corrected chi connectivity index (χ4v) is 3.27. The molecule has 3 rings (SSSR count). The van der Waals surface area contributed by atoms with Crippen LogP contribution in [0.3, 0.4) is 0 Å². The number of carbonyl (C=O) groups excluding carboxylic acids is 2. The van der Waals surface area contributed by atoms with Crippen molar-refractivity contribution >= 4 is 45.5 Å². The summed E-state index contributed by atoms with van der Waals surface area (Å²) in [5, 5.41) is 10.0. The van der Waals surface area contributed by atoms with Gasteiger partial charge in [0.15, 0.2) is 18.1 Å². The summed E-state index contributed by atoms with van der Waals surface area (Å²) in [6.45, 7) is 1.55. The van der Waals surface area contributed by atoms with E-state index in [2.05, 4.69) is 21.4 Å². The van der Waals surface area contributed by atoms with Gasteiger partial charge in [-0.05, 0) is 58.8 Å². The number of anilines is 1. The normalized spacial score (nSPS) is 14.8. The van der Waals surface area contributed by atoms with Crippen molar-refractivity contribution in [3.63, 3.8) is 0 Å². The fraction of sp³-hybridized carbons (Fsp3) is 0.150. The molecule has 150 valence electrons. The van der Waals surface area contributed by atoms with E-state index < -0.39 is 24.4 Å². The number of nitrogens with zero attached hydrogens (tertiary/aromatic N) is 1. The fourth-order valence-electron chi connectivity index (χ4n) is 2.69. The summed E-state index contributed by atoms with van der Waals surface area (Å²) in [5.74, 6) is -1.62. The number of hydrazine groups is 1. The SMILES string of the molecule is CCOc1cc(/C=C2/C(=O)NN(c3ccccc3)C2=O)cc(Br)c1OCC(=O)O. The highest BCUT2D eigenvalue weighted by atomic mass is 79.9. The van der Waals surface area contributed by atoms with E-state index in [1.807, 2.05) is 6.07 Å². The Labute approximate surface area is 174 Å². The molecular formula is C20H17BrN2O6. The second-order valence-electron chi connectivity index (χ2n) is 5.92. The van der Waals surface area contributed by atoms with Gasteiger partial charge in [-0.3, -0.25) is 15.0 Å². The van der Waals surface area contributed by atoms with Gasteiger partial charge in [0, 0.05) is 0 Å². The molecule has 1 fully saturated rings. The van der Waals surface area contributed by atoms with Crippen molar-refractivity contribution in [1.29, 1.82) is 0 Å². The Morgan fingerprint density at radius 1 is 1.21 bits per heavy atom. The first-order chi connectivity index (χ1) is 13.9. The molecule has 2 amide bonds. The van der Waals surface area contributed by atoms with Crippen LogP contribution in [0.15, 0.2) is 52.5 Å². The number of rotatable bonds is 7. The molecule has 0 saturated carbocycles. The van der Waals surface area contributed by atoms with Crippen LogP contribution in [-0.4, -0.2) is 36.1 Å². The number of aliphatic carboxylic acids is 1. The molecule has 9 heteroatoms. The van der Waals surface area contributed by atoms with Crippen molar-refractivity contribution in [3.8, 4) is 11.5 Å². The van der Waals surface area contributed by atoms with Gasteiger partial charge in [-0.15, -0.1) is 0 Å². The third-order valence-electron chi connectivity index (χ3n) is 3.89. The summed E-state index contributed by atoms with van der Waals surface area (Å²) < 4.78 is 11.2. The lowest BCUT2D eigenvalue weighted by molar-refractivity contribution is -0.139. The zero-order chi connectivity index (χ0) is 21.0. The average molecular weight is 461 g/mol. The number of carboxylic acid groups (broad SMARTS) is 1. The van der Waals surface area contributed by atoms with Crippen LogP contribution in [-0.2, 0) is 14.4 Å². The zero-order valence-corrected chi connectivity index (χ0v) is 16.9. The number of halogens is 1. The standard InChI is InChI=1S/C20H17BrN2O6/c1-2-28-16-10-12(9-15(21)18(16)29-11-17(24)25)8-14-19(26)22-23(20(14)27)13-6-4-3-5-7-13/h3-10H,2,11H2,1H3,(H,22,26)(H,24,25)/b14-8-. The summed E-state index contributed by atoms with van der Waals surface area (Å²) in [6.07, 6.45) is 1.44. The Morgan fingerprint density at radius 3 is 2.59 bits per heavy atom. The molecule has 0 spiro atoms. The first-order valence-corrected chi connectivity index (χ1v) is 9.43. The van der Waals surface area contributed by atoms with Gasteiger partial charge in [0.05, 0.1) is 16.8 Å². The molecule has 2 N–H and O–H groups in total. The molecule has 8 nitrogen and oxygen atoms in total. The van der Waals surface area contributed by atoms with Crippen LogP contribution >= 0.6 is 15.9 Å². The molecule has 0 aliphatic carbocycles. The van der Waals surface area contributed by atoms with Crippen LogP contribution in [0.2, 0.25) is 0 Å². The molecule has 29 heavy (non-hydrogen) atoms. The Morgan fingerprint density at radius 2 is 1.93 bits per heavy atom. The average Bonchev–Trinajstić information content (AvgIpc) is 2.96. The van der Waals surface area contributed by atoms with Gasteiger partial charge in [-0.25, -0.2) is 9.80 Å². The number of nitrogens with one attached hydrogen (secondary N) is 1. The molecular weight excluding hydrogens is 444 g/mol. The van der Waals surface area contributed by atoms with Gasteiger partial charge in [-0.1, -0.05) is 18.2 Å². The maximum absolute atomic E-state index is 12.7. The van der Waals surface area contributed by atoms with E-state index in [1.165, 1.54) is 11.1 Å². The van der Waals surface area contributed by atoms with E-state index in [-0.39, 0.29) is 11.3 Å². The number of carboxylic acids is 1. The maximum atomic E-state index is 12.7.